The first kappa shape index (κ1) is 19.0. The quantitative estimate of drug-likeness (QED) is 0.907. The molecule has 138 valence electrons. The SMILES string of the molecule is COc1cccc(C(=O)N[C@@H]2CCCN(C(=O)OC(C)(C)C)[C@@H]2C)n1. The number of ether oxygens (including phenoxy) is 2. The largest absolute Gasteiger partial charge is 0.481 e. The average Bonchev–Trinajstić information content (AvgIpc) is 2.55. The highest BCUT2D eigenvalue weighted by molar-refractivity contribution is 5.92. The molecule has 1 aliphatic heterocycles. The molecule has 1 aromatic heterocycles. The monoisotopic (exact) mass is 349 g/mol. The number of aromatic nitrogens is 1. The number of carbonyl (C=O) groups excluding carboxylic acids is 2. The van der Waals surface area contributed by atoms with E-state index in [1.54, 1.807) is 23.1 Å². The zero-order chi connectivity index (χ0) is 18.6. The molecule has 2 amide bonds. The molecule has 1 saturated heterocycles. The van der Waals surface area contributed by atoms with Crippen molar-refractivity contribution in [3.8, 4) is 5.88 Å². The molecule has 0 unspecified atom stereocenters. The molecule has 0 aromatic carbocycles. The van der Waals surface area contributed by atoms with Gasteiger partial charge in [-0.25, -0.2) is 9.78 Å². The van der Waals surface area contributed by atoms with Crippen LogP contribution in [0.2, 0.25) is 0 Å². The Balaban J connectivity index is 2.04. The first-order chi connectivity index (χ1) is 11.7. The van der Waals surface area contributed by atoms with E-state index in [-0.39, 0.29) is 24.1 Å². The molecule has 7 nitrogen and oxygen atoms in total. The Morgan fingerprint density at radius 2 is 2.04 bits per heavy atom. The fraction of sp³-hybridized carbons (Fsp3) is 0.611. The predicted molar refractivity (Wildman–Crippen MR) is 93.7 cm³/mol. The van der Waals surface area contributed by atoms with Crippen LogP contribution in [0.5, 0.6) is 5.88 Å². The van der Waals surface area contributed by atoms with Gasteiger partial charge in [0.15, 0.2) is 0 Å². The van der Waals surface area contributed by atoms with Gasteiger partial charge in [0.1, 0.15) is 11.3 Å². The summed E-state index contributed by atoms with van der Waals surface area (Å²) in [5.41, 5.74) is -0.252. The normalized spacial score (nSPS) is 20.8. The Hall–Kier alpha value is -2.31. The second-order valence-corrected chi connectivity index (χ2v) is 7.20. The van der Waals surface area contributed by atoms with Gasteiger partial charge in [-0.3, -0.25) is 4.79 Å². The Labute approximate surface area is 148 Å². The molecule has 1 fully saturated rings. The van der Waals surface area contributed by atoms with Gasteiger partial charge in [0.25, 0.3) is 5.91 Å². The molecule has 0 radical (unpaired) electrons. The second-order valence-electron chi connectivity index (χ2n) is 7.20. The minimum absolute atomic E-state index is 0.151. The lowest BCUT2D eigenvalue weighted by molar-refractivity contribution is 0.00699. The molecule has 1 aliphatic rings. The number of amides is 2. The predicted octanol–water partition coefficient (Wildman–Crippen LogP) is 2.61. The van der Waals surface area contributed by atoms with Gasteiger partial charge in [0, 0.05) is 18.7 Å². The van der Waals surface area contributed by atoms with Gasteiger partial charge in [-0.05, 0) is 46.6 Å². The van der Waals surface area contributed by atoms with Crippen LogP contribution < -0.4 is 10.1 Å². The summed E-state index contributed by atoms with van der Waals surface area (Å²) < 4.78 is 10.5. The van der Waals surface area contributed by atoms with Crippen molar-refractivity contribution in [2.24, 2.45) is 0 Å². The molecule has 0 spiro atoms. The molecule has 0 aliphatic carbocycles. The third-order valence-electron chi connectivity index (χ3n) is 4.10. The van der Waals surface area contributed by atoms with E-state index in [2.05, 4.69) is 10.3 Å². The molecule has 25 heavy (non-hydrogen) atoms. The Bertz CT molecular complexity index is 627. The molecule has 0 saturated carbocycles. The molecular weight excluding hydrogens is 322 g/mol. The summed E-state index contributed by atoms with van der Waals surface area (Å²) in [6.45, 7) is 8.07. The van der Waals surface area contributed by atoms with Crippen LogP contribution in [0, 0.1) is 0 Å². The van der Waals surface area contributed by atoms with E-state index < -0.39 is 5.60 Å². The molecule has 2 heterocycles. The van der Waals surface area contributed by atoms with E-state index in [1.165, 1.54) is 7.11 Å². The maximum Gasteiger partial charge on any atom is 0.410 e. The number of nitrogens with one attached hydrogen (secondary N) is 1. The highest BCUT2D eigenvalue weighted by Gasteiger charge is 2.34. The average molecular weight is 349 g/mol. The van der Waals surface area contributed by atoms with Crippen LogP contribution in [-0.2, 0) is 4.74 Å². The van der Waals surface area contributed by atoms with Crippen LogP contribution in [-0.4, -0.2) is 53.2 Å². The molecule has 1 N–H and O–H groups in total. The lowest BCUT2D eigenvalue weighted by Crippen LogP contribution is -2.56. The van der Waals surface area contributed by atoms with E-state index in [1.807, 2.05) is 27.7 Å². The van der Waals surface area contributed by atoms with E-state index in [4.69, 9.17) is 9.47 Å². The van der Waals surface area contributed by atoms with Gasteiger partial charge >= 0.3 is 6.09 Å². The lowest BCUT2D eigenvalue weighted by Gasteiger charge is -2.40. The highest BCUT2D eigenvalue weighted by atomic mass is 16.6. The maximum atomic E-state index is 12.5. The Morgan fingerprint density at radius 3 is 2.68 bits per heavy atom. The third-order valence-corrected chi connectivity index (χ3v) is 4.10. The summed E-state index contributed by atoms with van der Waals surface area (Å²) >= 11 is 0. The Kier molecular flexibility index (Phi) is 5.87. The van der Waals surface area contributed by atoms with E-state index in [9.17, 15) is 9.59 Å². The van der Waals surface area contributed by atoms with Gasteiger partial charge < -0.3 is 19.7 Å². The van der Waals surface area contributed by atoms with Crippen molar-refractivity contribution in [2.45, 2.75) is 58.2 Å². The molecule has 2 rings (SSSR count). The smallest absolute Gasteiger partial charge is 0.410 e. The maximum absolute atomic E-state index is 12.5. The van der Waals surface area contributed by atoms with E-state index in [0.29, 0.717) is 18.1 Å². The lowest BCUT2D eigenvalue weighted by atomic mass is 9.97. The topological polar surface area (TPSA) is 80.8 Å². The van der Waals surface area contributed by atoms with Crippen molar-refractivity contribution in [1.29, 1.82) is 0 Å². The minimum Gasteiger partial charge on any atom is -0.481 e. The van der Waals surface area contributed by atoms with Gasteiger partial charge in [-0.15, -0.1) is 0 Å². The minimum atomic E-state index is -0.544. The van der Waals surface area contributed by atoms with Crippen molar-refractivity contribution < 1.29 is 19.1 Å². The third kappa shape index (κ3) is 5.08. The summed E-state index contributed by atoms with van der Waals surface area (Å²) in [5, 5.41) is 2.98. The zero-order valence-electron chi connectivity index (χ0n) is 15.5. The number of pyridine rings is 1. The van der Waals surface area contributed by atoms with Crippen LogP contribution in [0.1, 0.15) is 51.0 Å². The van der Waals surface area contributed by atoms with E-state index >= 15 is 0 Å². The standard InChI is InChI=1S/C18H27N3O4/c1-12-13(9-7-11-21(12)17(23)25-18(2,3)4)20-16(22)14-8-6-10-15(19-14)24-5/h6,8,10,12-13H,7,9,11H2,1-5H3,(H,20,22)/t12-,13-/m1/s1. The number of piperidine rings is 1. The van der Waals surface area contributed by atoms with Crippen molar-refractivity contribution in [2.75, 3.05) is 13.7 Å². The number of rotatable bonds is 3. The molecule has 2 atom stereocenters. The number of nitrogens with zero attached hydrogens (tertiary/aromatic N) is 2. The van der Waals surface area contributed by atoms with Crippen LogP contribution in [0.4, 0.5) is 4.79 Å². The first-order valence-electron chi connectivity index (χ1n) is 8.53. The number of hydrogen-bond acceptors (Lipinski definition) is 5. The van der Waals surface area contributed by atoms with Crippen LogP contribution in [0.15, 0.2) is 18.2 Å². The summed E-state index contributed by atoms with van der Waals surface area (Å²) in [6.07, 6.45) is 1.26. The van der Waals surface area contributed by atoms with Crippen LogP contribution in [0.25, 0.3) is 0 Å². The van der Waals surface area contributed by atoms with Crippen molar-refractivity contribution >= 4 is 12.0 Å². The summed E-state index contributed by atoms with van der Waals surface area (Å²) in [5.74, 6) is 0.113. The van der Waals surface area contributed by atoms with Crippen LogP contribution in [0.3, 0.4) is 0 Å². The van der Waals surface area contributed by atoms with Gasteiger partial charge in [0.2, 0.25) is 5.88 Å². The fourth-order valence-corrected chi connectivity index (χ4v) is 2.81. The van der Waals surface area contributed by atoms with Gasteiger partial charge in [-0.2, -0.15) is 0 Å². The number of carbonyl (C=O) groups is 2. The van der Waals surface area contributed by atoms with Crippen molar-refractivity contribution in [3.05, 3.63) is 23.9 Å². The highest BCUT2D eigenvalue weighted by Crippen LogP contribution is 2.21. The molecule has 1 aromatic rings. The summed E-state index contributed by atoms with van der Waals surface area (Å²) in [4.78, 5) is 30.7. The molecule has 0 bridgehead atoms. The number of likely N-dealkylation sites (tertiary alicyclic amines) is 1. The molecule has 7 heteroatoms. The van der Waals surface area contributed by atoms with Crippen LogP contribution >= 0.6 is 0 Å². The molecular formula is C18H27N3O4. The summed E-state index contributed by atoms with van der Waals surface area (Å²) in [7, 11) is 1.51. The van der Waals surface area contributed by atoms with E-state index in [0.717, 1.165) is 12.8 Å². The van der Waals surface area contributed by atoms with Crippen molar-refractivity contribution in [3.63, 3.8) is 0 Å². The second kappa shape index (κ2) is 7.72. The van der Waals surface area contributed by atoms with Crippen molar-refractivity contribution in [1.82, 2.24) is 15.2 Å². The number of methoxy groups -OCH3 is 1. The van der Waals surface area contributed by atoms with Gasteiger partial charge in [-0.1, -0.05) is 6.07 Å². The zero-order valence-corrected chi connectivity index (χ0v) is 15.5. The summed E-state index contributed by atoms with van der Waals surface area (Å²) in [6, 6.07) is 4.74. The van der Waals surface area contributed by atoms with Gasteiger partial charge in [0.05, 0.1) is 13.2 Å². The number of hydrogen-bond donors (Lipinski definition) is 1. The first-order valence-corrected chi connectivity index (χ1v) is 8.53. The Morgan fingerprint density at radius 1 is 1.32 bits per heavy atom. The fourth-order valence-electron chi connectivity index (χ4n) is 2.81.